The van der Waals surface area contributed by atoms with Crippen LogP contribution in [-0.4, -0.2) is 33.2 Å². The van der Waals surface area contributed by atoms with Crippen molar-refractivity contribution in [2.24, 2.45) is 0 Å². The van der Waals surface area contributed by atoms with Crippen molar-refractivity contribution < 1.29 is 14.3 Å². The van der Waals surface area contributed by atoms with Gasteiger partial charge in [-0.1, -0.05) is 6.07 Å². The van der Waals surface area contributed by atoms with Crippen LogP contribution in [-0.2, 0) is 4.74 Å². The van der Waals surface area contributed by atoms with E-state index in [1.165, 1.54) is 6.07 Å². The van der Waals surface area contributed by atoms with Crippen molar-refractivity contribution in [2.45, 2.75) is 34.6 Å². The summed E-state index contributed by atoms with van der Waals surface area (Å²) in [6, 6.07) is 11.0. The van der Waals surface area contributed by atoms with E-state index in [1.54, 1.807) is 30.7 Å². The number of esters is 1. The number of amides is 1. The van der Waals surface area contributed by atoms with Crippen molar-refractivity contribution in [2.75, 3.05) is 11.9 Å². The predicted octanol–water partition coefficient (Wildman–Crippen LogP) is 3.93. The standard InChI is InChI=1S/C22H24N4O3/c1-6-29-22(28)18-7-8-19(23-16(18)5)21(27)24-20-12-15(4)25-26(20)17-10-13(2)9-14(3)11-17/h7-12H,6H2,1-5H3,(H,24,27). The summed E-state index contributed by atoms with van der Waals surface area (Å²) in [4.78, 5) is 29.0. The average Bonchev–Trinajstić information content (AvgIpc) is 3.01. The topological polar surface area (TPSA) is 86.1 Å². The number of ether oxygens (including phenoxy) is 1. The lowest BCUT2D eigenvalue weighted by Crippen LogP contribution is -2.18. The minimum absolute atomic E-state index is 0.210. The molecule has 0 unspecified atom stereocenters. The fraction of sp³-hybridized carbons (Fsp3) is 0.273. The minimum Gasteiger partial charge on any atom is -0.462 e. The smallest absolute Gasteiger partial charge is 0.339 e. The van der Waals surface area contributed by atoms with Crippen LogP contribution in [0.5, 0.6) is 0 Å². The number of nitrogens with one attached hydrogen (secondary N) is 1. The Balaban J connectivity index is 1.88. The van der Waals surface area contributed by atoms with E-state index in [1.807, 2.05) is 32.9 Å². The molecule has 0 saturated carbocycles. The van der Waals surface area contributed by atoms with Crippen LogP contribution in [0, 0.1) is 27.7 Å². The van der Waals surface area contributed by atoms with Crippen molar-refractivity contribution >= 4 is 17.7 Å². The predicted molar refractivity (Wildman–Crippen MR) is 111 cm³/mol. The lowest BCUT2D eigenvalue weighted by Gasteiger charge is -2.11. The van der Waals surface area contributed by atoms with Gasteiger partial charge in [0.2, 0.25) is 0 Å². The summed E-state index contributed by atoms with van der Waals surface area (Å²) in [5.41, 5.74) is 4.86. The van der Waals surface area contributed by atoms with E-state index in [4.69, 9.17) is 4.74 Å². The first kappa shape index (κ1) is 20.3. The fourth-order valence-corrected chi connectivity index (χ4v) is 3.15. The van der Waals surface area contributed by atoms with Crippen molar-refractivity contribution in [3.8, 4) is 5.69 Å². The van der Waals surface area contributed by atoms with Gasteiger partial charge >= 0.3 is 5.97 Å². The minimum atomic E-state index is -0.451. The fourth-order valence-electron chi connectivity index (χ4n) is 3.15. The molecule has 150 valence electrons. The van der Waals surface area contributed by atoms with Gasteiger partial charge in [-0.25, -0.2) is 14.5 Å². The molecule has 1 N–H and O–H groups in total. The molecule has 7 heteroatoms. The van der Waals surface area contributed by atoms with Gasteiger partial charge in [-0.3, -0.25) is 4.79 Å². The highest BCUT2D eigenvalue weighted by atomic mass is 16.5. The van der Waals surface area contributed by atoms with Crippen molar-refractivity contribution in [3.63, 3.8) is 0 Å². The Bertz CT molecular complexity index is 1070. The number of aromatic nitrogens is 3. The molecule has 29 heavy (non-hydrogen) atoms. The zero-order valence-electron chi connectivity index (χ0n) is 17.2. The lowest BCUT2D eigenvalue weighted by molar-refractivity contribution is 0.0524. The highest BCUT2D eigenvalue weighted by Crippen LogP contribution is 2.20. The van der Waals surface area contributed by atoms with Crippen LogP contribution in [0.3, 0.4) is 0 Å². The summed E-state index contributed by atoms with van der Waals surface area (Å²) in [5.74, 6) is -0.284. The van der Waals surface area contributed by atoms with E-state index in [0.29, 0.717) is 17.1 Å². The molecule has 0 spiro atoms. The molecule has 3 rings (SSSR count). The second kappa shape index (κ2) is 8.26. The summed E-state index contributed by atoms with van der Waals surface area (Å²) in [7, 11) is 0. The number of carbonyl (C=O) groups is 2. The van der Waals surface area contributed by atoms with Crippen LogP contribution in [0.4, 0.5) is 5.82 Å². The Hall–Kier alpha value is -3.48. The Morgan fingerprint density at radius 1 is 1.03 bits per heavy atom. The molecule has 2 aromatic heterocycles. The Morgan fingerprint density at radius 3 is 2.34 bits per heavy atom. The number of rotatable bonds is 5. The maximum Gasteiger partial charge on any atom is 0.339 e. The van der Waals surface area contributed by atoms with Gasteiger partial charge in [0.1, 0.15) is 11.5 Å². The average molecular weight is 392 g/mol. The lowest BCUT2D eigenvalue weighted by atomic mass is 10.1. The van der Waals surface area contributed by atoms with E-state index in [9.17, 15) is 9.59 Å². The van der Waals surface area contributed by atoms with Crippen LogP contribution in [0.25, 0.3) is 5.69 Å². The zero-order chi connectivity index (χ0) is 21.1. The molecule has 0 radical (unpaired) electrons. The number of aryl methyl sites for hydroxylation is 4. The highest BCUT2D eigenvalue weighted by molar-refractivity contribution is 6.03. The summed E-state index contributed by atoms with van der Waals surface area (Å²) >= 11 is 0. The van der Waals surface area contributed by atoms with E-state index in [0.717, 1.165) is 22.5 Å². The Morgan fingerprint density at radius 2 is 1.72 bits per heavy atom. The maximum absolute atomic E-state index is 12.8. The molecule has 7 nitrogen and oxygen atoms in total. The second-order valence-corrected chi connectivity index (χ2v) is 6.93. The van der Waals surface area contributed by atoms with E-state index in [2.05, 4.69) is 21.5 Å². The number of benzene rings is 1. The van der Waals surface area contributed by atoms with Crippen molar-refractivity contribution in [1.82, 2.24) is 14.8 Å². The van der Waals surface area contributed by atoms with E-state index >= 15 is 0 Å². The summed E-state index contributed by atoms with van der Waals surface area (Å²) in [6.45, 7) is 9.59. The number of anilines is 1. The van der Waals surface area contributed by atoms with E-state index < -0.39 is 5.97 Å². The molecule has 0 saturated heterocycles. The molecule has 0 bridgehead atoms. The molecular formula is C22H24N4O3. The van der Waals surface area contributed by atoms with Gasteiger partial charge in [-0.15, -0.1) is 0 Å². The van der Waals surface area contributed by atoms with Gasteiger partial charge in [-0.05, 0) is 70.0 Å². The van der Waals surface area contributed by atoms with Gasteiger partial charge < -0.3 is 10.1 Å². The molecule has 0 aliphatic heterocycles. The molecular weight excluding hydrogens is 368 g/mol. The van der Waals surface area contributed by atoms with Gasteiger partial charge in [0, 0.05) is 6.07 Å². The first-order valence-electron chi connectivity index (χ1n) is 9.40. The summed E-state index contributed by atoms with van der Waals surface area (Å²) in [5, 5.41) is 7.37. The van der Waals surface area contributed by atoms with Gasteiger partial charge in [0.25, 0.3) is 5.91 Å². The number of pyridine rings is 1. The molecule has 0 atom stereocenters. The molecule has 3 aromatic rings. The molecule has 0 aliphatic rings. The third-order valence-electron chi connectivity index (χ3n) is 4.34. The summed E-state index contributed by atoms with van der Waals surface area (Å²) < 4.78 is 6.70. The SMILES string of the molecule is CCOC(=O)c1ccc(C(=O)Nc2cc(C)nn2-c2cc(C)cc(C)c2)nc1C. The number of nitrogens with zero attached hydrogens (tertiary/aromatic N) is 3. The Kier molecular flexibility index (Phi) is 5.77. The molecule has 0 aliphatic carbocycles. The molecule has 1 amide bonds. The molecule has 2 heterocycles. The van der Waals surface area contributed by atoms with Crippen LogP contribution >= 0.6 is 0 Å². The quantitative estimate of drug-likeness (QED) is 0.665. The van der Waals surface area contributed by atoms with Gasteiger partial charge in [-0.2, -0.15) is 5.10 Å². The monoisotopic (exact) mass is 392 g/mol. The third-order valence-corrected chi connectivity index (χ3v) is 4.34. The van der Waals surface area contributed by atoms with Crippen LogP contribution in [0.2, 0.25) is 0 Å². The highest BCUT2D eigenvalue weighted by Gasteiger charge is 2.17. The van der Waals surface area contributed by atoms with Crippen LogP contribution in [0.15, 0.2) is 36.4 Å². The van der Waals surface area contributed by atoms with Crippen molar-refractivity contribution in [3.05, 3.63) is 70.2 Å². The normalized spacial score (nSPS) is 10.7. The molecule has 1 aromatic carbocycles. The van der Waals surface area contributed by atoms with Crippen molar-refractivity contribution in [1.29, 1.82) is 0 Å². The number of hydrogen-bond donors (Lipinski definition) is 1. The first-order valence-corrected chi connectivity index (χ1v) is 9.40. The first-order chi connectivity index (χ1) is 13.8. The number of hydrogen-bond acceptors (Lipinski definition) is 5. The third kappa shape index (κ3) is 4.51. The van der Waals surface area contributed by atoms with Crippen LogP contribution < -0.4 is 5.32 Å². The zero-order valence-corrected chi connectivity index (χ0v) is 17.2. The summed E-state index contributed by atoms with van der Waals surface area (Å²) in [6.07, 6.45) is 0. The maximum atomic E-state index is 12.8. The molecule has 0 fully saturated rings. The van der Waals surface area contributed by atoms with Gasteiger partial charge in [0.05, 0.1) is 29.2 Å². The van der Waals surface area contributed by atoms with Crippen LogP contribution in [0.1, 0.15) is 50.3 Å². The van der Waals surface area contributed by atoms with Gasteiger partial charge in [0.15, 0.2) is 0 Å². The largest absolute Gasteiger partial charge is 0.462 e. The number of carbonyl (C=O) groups excluding carboxylic acids is 2. The Labute approximate surface area is 169 Å². The van der Waals surface area contributed by atoms with E-state index in [-0.39, 0.29) is 18.2 Å². The second-order valence-electron chi connectivity index (χ2n) is 6.93.